The van der Waals surface area contributed by atoms with Crippen molar-refractivity contribution in [2.24, 2.45) is 0 Å². The van der Waals surface area contributed by atoms with Gasteiger partial charge in [0.15, 0.2) is 0 Å². The van der Waals surface area contributed by atoms with Crippen molar-refractivity contribution in [2.75, 3.05) is 13.6 Å². The second kappa shape index (κ2) is 8.70. The second-order valence-corrected chi connectivity index (χ2v) is 6.97. The predicted molar refractivity (Wildman–Crippen MR) is 94.1 cm³/mol. The Morgan fingerprint density at radius 2 is 1.38 bits per heavy atom. The molecule has 21 heavy (non-hydrogen) atoms. The van der Waals surface area contributed by atoms with E-state index in [9.17, 15) is 0 Å². The average Bonchev–Trinajstić information content (AvgIpc) is 2.63. The van der Waals surface area contributed by atoms with Crippen LogP contribution in [-0.4, -0.2) is 29.1 Å². The van der Waals surface area contributed by atoms with Gasteiger partial charge in [0, 0.05) is 25.0 Å². The van der Waals surface area contributed by atoms with Crippen LogP contribution >= 0.6 is 0 Å². The van der Waals surface area contributed by atoms with Gasteiger partial charge in [-0.25, -0.2) is 0 Å². The Bertz CT molecular complexity index is 334. The van der Waals surface area contributed by atoms with Crippen molar-refractivity contribution >= 4 is 0 Å². The molecule has 0 radical (unpaired) electrons. The lowest BCUT2D eigenvalue weighted by molar-refractivity contribution is 0.0379. The standard InChI is InChI=1S/C19H38N2/c1-7-9-11-13-15-19(5)20(6)17(3)18(4)21(19)16-14-12-10-8-2/h7-16H2,1-6H3. The largest absolute Gasteiger partial charge is 0.354 e. The van der Waals surface area contributed by atoms with Gasteiger partial charge in [0.2, 0.25) is 0 Å². The first kappa shape index (κ1) is 18.4. The van der Waals surface area contributed by atoms with Crippen LogP contribution in [0, 0.1) is 0 Å². The minimum atomic E-state index is 0.203. The van der Waals surface area contributed by atoms with Gasteiger partial charge in [0.1, 0.15) is 5.66 Å². The number of hydrogen-bond acceptors (Lipinski definition) is 2. The van der Waals surface area contributed by atoms with Gasteiger partial charge >= 0.3 is 0 Å². The Balaban J connectivity index is 2.64. The SMILES string of the molecule is CCCCCCN1C(C)=C(C)N(C)C1(C)CCCCCC. The molecule has 0 aromatic heterocycles. The Morgan fingerprint density at radius 1 is 0.810 bits per heavy atom. The molecule has 1 atom stereocenters. The van der Waals surface area contributed by atoms with Crippen LogP contribution in [0.3, 0.4) is 0 Å². The quantitative estimate of drug-likeness (QED) is 0.473. The molecule has 0 N–H and O–H groups in total. The molecule has 1 unspecified atom stereocenters. The lowest BCUT2D eigenvalue weighted by Gasteiger charge is -2.43. The number of allylic oxidation sites excluding steroid dienone is 2. The number of nitrogens with zero attached hydrogens (tertiary/aromatic N) is 2. The highest BCUT2D eigenvalue weighted by Gasteiger charge is 2.41. The van der Waals surface area contributed by atoms with Crippen LogP contribution in [-0.2, 0) is 0 Å². The van der Waals surface area contributed by atoms with Crippen LogP contribution in [0.25, 0.3) is 0 Å². The van der Waals surface area contributed by atoms with Crippen LogP contribution in [0.1, 0.15) is 92.4 Å². The predicted octanol–water partition coefficient (Wildman–Crippen LogP) is 5.75. The van der Waals surface area contributed by atoms with Crippen molar-refractivity contribution in [3.8, 4) is 0 Å². The molecule has 2 nitrogen and oxygen atoms in total. The molecular weight excluding hydrogens is 256 g/mol. The Labute approximate surface area is 133 Å². The van der Waals surface area contributed by atoms with E-state index in [4.69, 9.17) is 0 Å². The molecule has 0 spiro atoms. The van der Waals surface area contributed by atoms with Gasteiger partial charge in [-0.2, -0.15) is 0 Å². The van der Waals surface area contributed by atoms with Crippen molar-refractivity contribution in [1.82, 2.24) is 9.80 Å². The summed E-state index contributed by atoms with van der Waals surface area (Å²) >= 11 is 0. The van der Waals surface area contributed by atoms with Crippen LogP contribution in [0.4, 0.5) is 0 Å². The van der Waals surface area contributed by atoms with E-state index in [1.165, 1.54) is 75.7 Å². The van der Waals surface area contributed by atoms with Crippen LogP contribution in [0.15, 0.2) is 11.4 Å². The molecule has 0 saturated carbocycles. The molecule has 0 fully saturated rings. The molecular formula is C19H38N2. The number of unbranched alkanes of at least 4 members (excludes halogenated alkanes) is 6. The lowest BCUT2D eigenvalue weighted by atomic mass is 10.00. The Morgan fingerprint density at radius 3 is 1.95 bits per heavy atom. The van der Waals surface area contributed by atoms with Gasteiger partial charge in [0.05, 0.1) is 0 Å². The molecule has 124 valence electrons. The highest BCUT2D eigenvalue weighted by atomic mass is 15.4. The smallest absolute Gasteiger partial charge is 0.109 e. The first-order valence-electron chi connectivity index (χ1n) is 9.18. The molecule has 0 aromatic carbocycles. The zero-order chi connectivity index (χ0) is 15.9. The van der Waals surface area contributed by atoms with Crippen molar-refractivity contribution < 1.29 is 0 Å². The third-order valence-corrected chi connectivity index (χ3v) is 5.47. The fraction of sp³-hybridized carbons (Fsp3) is 0.895. The van der Waals surface area contributed by atoms with Crippen molar-refractivity contribution in [2.45, 2.75) is 98.1 Å². The minimum Gasteiger partial charge on any atom is -0.354 e. The van der Waals surface area contributed by atoms with E-state index in [1.807, 2.05) is 0 Å². The summed E-state index contributed by atoms with van der Waals surface area (Å²) in [6.45, 7) is 12.8. The Kier molecular flexibility index (Phi) is 7.62. The molecule has 1 rings (SSSR count). The third-order valence-electron chi connectivity index (χ3n) is 5.47. The molecule has 1 aliphatic rings. The second-order valence-electron chi connectivity index (χ2n) is 6.97. The van der Waals surface area contributed by atoms with Gasteiger partial charge in [-0.05, 0) is 40.0 Å². The molecule has 2 heteroatoms. The highest BCUT2D eigenvalue weighted by molar-refractivity contribution is 5.20. The summed E-state index contributed by atoms with van der Waals surface area (Å²) in [5, 5.41) is 0. The van der Waals surface area contributed by atoms with Crippen molar-refractivity contribution in [3.63, 3.8) is 0 Å². The van der Waals surface area contributed by atoms with Gasteiger partial charge < -0.3 is 9.80 Å². The zero-order valence-corrected chi connectivity index (χ0v) is 15.5. The minimum absolute atomic E-state index is 0.203. The van der Waals surface area contributed by atoms with Crippen LogP contribution in [0.2, 0.25) is 0 Å². The Hall–Kier alpha value is -0.660. The van der Waals surface area contributed by atoms with Gasteiger partial charge in [-0.3, -0.25) is 0 Å². The average molecular weight is 295 g/mol. The molecule has 0 saturated heterocycles. The molecule has 0 bridgehead atoms. The zero-order valence-electron chi connectivity index (χ0n) is 15.5. The highest BCUT2D eigenvalue weighted by Crippen LogP contribution is 2.39. The molecule has 0 aromatic rings. The molecule has 1 aliphatic heterocycles. The monoisotopic (exact) mass is 294 g/mol. The lowest BCUT2D eigenvalue weighted by Crippen LogP contribution is -2.50. The summed E-state index contributed by atoms with van der Waals surface area (Å²) in [5.74, 6) is 0. The van der Waals surface area contributed by atoms with E-state index in [-0.39, 0.29) is 5.66 Å². The van der Waals surface area contributed by atoms with E-state index >= 15 is 0 Å². The summed E-state index contributed by atoms with van der Waals surface area (Å²) < 4.78 is 0. The summed E-state index contributed by atoms with van der Waals surface area (Å²) in [5.41, 5.74) is 3.16. The number of rotatable bonds is 10. The summed E-state index contributed by atoms with van der Waals surface area (Å²) in [4.78, 5) is 5.21. The first-order valence-corrected chi connectivity index (χ1v) is 9.18. The summed E-state index contributed by atoms with van der Waals surface area (Å²) in [7, 11) is 2.28. The van der Waals surface area contributed by atoms with E-state index in [1.54, 1.807) is 0 Å². The maximum absolute atomic E-state index is 2.68. The summed E-state index contributed by atoms with van der Waals surface area (Å²) in [6, 6.07) is 0. The van der Waals surface area contributed by atoms with Gasteiger partial charge in [-0.1, -0.05) is 52.4 Å². The molecule has 1 heterocycles. The fourth-order valence-corrected chi connectivity index (χ4v) is 3.64. The molecule has 0 amide bonds. The maximum atomic E-state index is 2.68. The van der Waals surface area contributed by atoms with Crippen LogP contribution in [0.5, 0.6) is 0 Å². The van der Waals surface area contributed by atoms with Crippen molar-refractivity contribution in [3.05, 3.63) is 11.4 Å². The van der Waals surface area contributed by atoms with E-state index in [0.717, 1.165) is 0 Å². The van der Waals surface area contributed by atoms with Crippen molar-refractivity contribution in [1.29, 1.82) is 0 Å². The molecule has 0 aliphatic carbocycles. The van der Waals surface area contributed by atoms with E-state index in [2.05, 4.69) is 51.5 Å². The fourth-order valence-electron chi connectivity index (χ4n) is 3.64. The first-order chi connectivity index (χ1) is 9.99. The normalized spacial score (nSPS) is 22.6. The number of hydrogen-bond donors (Lipinski definition) is 0. The summed E-state index contributed by atoms with van der Waals surface area (Å²) in [6.07, 6.45) is 12.1. The van der Waals surface area contributed by atoms with Crippen LogP contribution < -0.4 is 0 Å². The maximum Gasteiger partial charge on any atom is 0.109 e. The topological polar surface area (TPSA) is 6.48 Å². The van der Waals surface area contributed by atoms with E-state index in [0.29, 0.717) is 0 Å². The van der Waals surface area contributed by atoms with Gasteiger partial charge in [0.25, 0.3) is 0 Å². The van der Waals surface area contributed by atoms with Gasteiger partial charge in [-0.15, -0.1) is 0 Å². The van der Waals surface area contributed by atoms with E-state index < -0.39 is 0 Å². The third kappa shape index (κ3) is 4.40.